The Morgan fingerprint density at radius 1 is 1.29 bits per heavy atom. The Balaban J connectivity index is 2.51. The average molecular weight is 232 g/mol. The molecular weight excluding hydrogens is 216 g/mol. The van der Waals surface area contributed by atoms with E-state index in [1.165, 1.54) is 0 Å². The van der Waals surface area contributed by atoms with Gasteiger partial charge in [-0.15, -0.1) is 0 Å². The summed E-state index contributed by atoms with van der Waals surface area (Å²) in [5.74, 6) is 1.05. The second-order valence-electron chi connectivity index (χ2n) is 3.80. The Bertz CT molecular complexity index is 527. The number of methoxy groups -OCH3 is 1. The summed E-state index contributed by atoms with van der Waals surface area (Å²) in [5, 5.41) is 1.01. The molecule has 0 bridgehead atoms. The molecular formula is C12H16N4O. The van der Waals surface area contributed by atoms with Gasteiger partial charge in [-0.1, -0.05) is 0 Å². The molecule has 0 amide bonds. The molecule has 90 valence electrons. The summed E-state index contributed by atoms with van der Waals surface area (Å²) in [7, 11) is 1.63. The van der Waals surface area contributed by atoms with Gasteiger partial charge in [-0.05, 0) is 31.5 Å². The first-order chi connectivity index (χ1) is 8.24. The van der Waals surface area contributed by atoms with Crippen molar-refractivity contribution in [3.05, 3.63) is 23.9 Å². The van der Waals surface area contributed by atoms with Crippen LogP contribution in [-0.4, -0.2) is 23.6 Å². The van der Waals surface area contributed by atoms with Gasteiger partial charge in [0.05, 0.1) is 18.3 Å². The number of ether oxygens (including phenoxy) is 1. The van der Waals surface area contributed by atoms with Gasteiger partial charge in [0.25, 0.3) is 0 Å². The first-order valence-electron chi connectivity index (χ1n) is 5.55. The number of fused-ring (bicyclic) bond motifs is 1. The number of rotatable bonds is 4. The van der Waals surface area contributed by atoms with E-state index in [0.717, 1.165) is 35.2 Å². The maximum atomic E-state index is 5.69. The zero-order valence-electron chi connectivity index (χ0n) is 9.81. The van der Waals surface area contributed by atoms with E-state index < -0.39 is 0 Å². The molecule has 0 saturated carbocycles. The maximum absolute atomic E-state index is 5.69. The summed E-state index contributed by atoms with van der Waals surface area (Å²) in [6, 6.07) is 5.71. The molecule has 0 aliphatic carbocycles. The van der Waals surface area contributed by atoms with Crippen LogP contribution in [0.5, 0.6) is 5.75 Å². The van der Waals surface area contributed by atoms with E-state index in [1.54, 1.807) is 7.11 Å². The van der Waals surface area contributed by atoms with E-state index in [-0.39, 0.29) is 5.95 Å². The third-order valence-electron chi connectivity index (χ3n) is 2.62. The van der Waals surface area contributed by atoms with Gasteiger partial charge >= 0.3 is 0 Å². The number of aromatic nitrogens is 2. The second kappa shape index (κ2) is 4.97. The first kappa shape index (κ1) is 11.6. The number of anilines is 1. The lowest BCUT2D eigenvalue weighted by Crippen LogP contribution is -2.05. The smallest absolute Gasteiger partial charge is 0.220 e. The van der Waals surface area contributed by atoms with Gasteiger partial charge in [0.1, 0.15) is 5.75 Å². The van der Waals surface area contributed by atoms with Gasteiger partial charge in [0, 0.05) is 11.5 Å². The van der Waals surface area contributed by atoms with Crippen LogP contribution in [0.25, 0.3) is 10.9 Å². The zero-order chi connectivity index (χ0) is 12.3. The fourth-order valence-corrected chi connectivity index (χ4v) is 1.78. The molecule has 4 N–H and O–H groups in total. The monoisotopic (exact) mass is 232 g/mol. The Morgan fingerprint density at radius 2 is 2.12 bits per heavy atom. The largest absolute Gasteiger partial charge is 0.497 e. The zero-order valence-corrected chi connectivity index (χ0v) is 9.81. The van der Waals surface area contributed by atoms with E-state index >= 15 is 0 Å². The minimum absolute atomic E-state index is 0.290. The quantitative estimate of drug-likeness (QED) is 0.824. The Labute approximate surface area is 99.8 Å². The van der Waals surface area contributed by atoms with Crippen molar-refractivity contribution >= 4 is 16.9 Å². The minimum Gasteiger partial charge on any atom is -0.497 e. The van der Waals surface area contributed by atoms with Gasteiger partial charge in [0.15, 0.2) is 0 Å². The minimum atomic E-state index is 0.290. The molecule has 0 unspecified atom stereocenters. The summed E-state index contributed by atoms with van der Waals surface area (Å²) < 4.78 is 5.16. The lowest BCUT2D eigenvalue weighted by molar-refractivity contribution is 0.415. The van der Waals surface area contributed by atoms with Crippen molar-refractivity contribution in [2.75, 3.05) is 19.4 Å². The van der Waals surface area contributed by atoms with Gasteiger partial charge < -0.3 is 16.2 Å². The molecule has 1 aromatic carbocycles. The van der Waals surface area contributed by atoms with Crippen molar-refractivity contribution < 1.29 is 4.74 Å². The summed E-state index contributed by atoms with van der Waals surface area (Å²) in [6.45, 7) is 0.640. The van der Waals surface area contributed by atoms with Crippen molar-refractivity contribution in [3.8, 4) is 5.75 Å². The molecule has 0 fully saturated rings. The molecule has 1 aromatic heterocycles. The van der Waals surface area contributed by atoms with Crippen LogP contribution in [0.1, 0.15) is 12.1 Å². The molecule has 0 aliphatic heterocycles. The average Bonchev–Trinajstić information content (AvgIpc) is 2.34. The van der Waals surface area contributed by atoms with Crippen molar-refractivity contribution in [1.82, 2.24) is 9.97 Å². The second-order valence-corrected chi connectivity index (χ2v) is 3.80. The standard InChI is InChI=1S/C12H16N4O/c1-17-8-4-5-9-10(3-2-6-13)15-12(14)16-11(9)7-8/h4-5,7H,2-3,6,13H2,1H3,(H2,14,15,16). The number of nitrogen functional groups attached to an aromatic ring is 1. The number of hydrogen-bond donors (Lipinski definition) is 2. The first-order valence-corrected chi connectivity index (χ1v) is 5.55. The van der Waals surface area contributed by atoms with Crippen LogP contribution in [-0.2, 0) is 6.42 Å². The van der Waals surface area contributed by atoms with Crippen LogP contribution in [0.3, 0.4) is 0 Å². The van der Waals surface area contributed by atoms with E-state index in [4.69, 9.17) is 16.2 Å². The lowest BCUT2D eigenvalue weighted by Gasteiger charge is -2.07. The Kier molecular flexibility index (Phi) is 3.39. The predicted octanol–water partition coefficient (Wildman–Crippen LogP) is 1.11. The number of nitrogens with two attached hydrogens (primary N) is 2. The predicted molar refractivity (Wildman–Crippen MR) is 67.9 cm³/mol. The number of aryl methyl sites for hydroxylation is 1. The molecule has 0 aliphatic rings. The summed E-state index contributed by atoms with van der Waals surface area (Å²) in [5.41, 5.74) is 13.0. The topological polar surface area (TPSA) is 87.0 Å². The van der Waals surface area contributed by atoms with E-state index in [2.05, 4.69) is 9.97 Å². The van der Waals surface area contributed by atoms with Crippen LogP contribution in [0, 0.1) is 0 Å². The Hall–Kier alpha value is -1.88. The maximum Gasteiger partial charge on any atom is 0.220 e. The van der Waals surface area contributed by atoms with Gasteiger partial charge in [-0.2, -0.15) is 0 Å². The molecule has 0 atom stereocenters. The lowest BCUT2D eigenvalue weighted by atomic mass is 10.1. The van der Waals surface area contributed by atoms with E-state index in [0.29, 0.717) is 6.54 Å². The van der Waals surface area contributed by atoms with E-state index in [1.807, 2.05) is 18.2 Å². The molecule has 17 heavy (non-hydrogen) atoms. The van der Waals surface area contributed by atoms with Crippen molar-refractivity contribution in [3.63, 3.8) is 0 Å². The molecule has 5 nitrogen and oxygen atoms in total. The summed E-state index contributed by atoms with van der Waals surface area (Å²) in [6.07, 6.45) is 1.70. The molecule has 5 heteroatoms. The summed E-state index contributed by atoms with van der Waals surface area (Å²) in [4.78, 5) is 8.47. The van der Waals surface area contributed by atoms with Crippen LogP contribution in [0.15, 0.2) is 18.2 Å². The highest BCUT2D eigenvalue weighted by atomic mass is 16.5. The van der Waals surface area contributed by atoms with Crippen LogP contribution >= 0.6 is 0 Å². The van der Waals surface area contributed by atoms with Gasteiger partial charge in [-0.25, -0.2) is 9.97 Å². The molecule has 0 saturated heterocycles. The van der Waals surface area contributed by atoms with Crippen LogP contribution in [0.2, 0.25) is 0 Å². The molecule has 0 spiro atoms. The molecule has 2 rings (SSSR count). The fourth-order valence-electron chi connectivity index (χ4n) is 1.78. The van der Waals surface area contributed by atoms with E-state index in [9.17, 15) is 0 Å². The highest BCUT2D eigenvalue weighted by Crippen LogP contribution is 2.22. The van der Waals surface area contributed by atoms with Gasteiger partial charge in [0.2, 0.25) is 5.95 Å². The third kappa shape index (κ3) is 2.45. The Morgan fingerprint density at radius 3 is 2.82 bits per heavy atom. The molecule has 0 radical (unpaired) electrons. The number of hydrogen-bond acceptors (Lipinski definition) is 5. The number of benzene rings is 1. The van der Waals surface area contributed by atoms with Gasteiger partial charge in [-0.3, -0.25) is 0 Å². The molecule has 2 aromatic rings. The summed E-state index contributed by atoms with van der Waals surface area (Å²) >= 11 is 0. The SMILES string of the molecule is COc1ccc2c(CCCN)nc(N)nc2c1. The van der Waals surface area contributed by atoms with Crippen molar-refractivity contribution in [1.29, 1.82) is 0 Å². The molecule has 1 heterocycles. The number of nitrogens with zero attached hydrogens (tertiary/aromatic N) is 2. The highest BCUT2D eigenvalue weighted by molar-refractivity contribution is 5.83. The normalized spacial score (nSPS) is 10.7. The highest BCUT2D eigenvalue weighted by Gasteiger charge is 2.06. The van der Waals surface area contributed by atoms with Crippen LogP contribution < -0.4 is 16.2 Å². The van der Waals surface area contributed by atoms with Crippen LogP contribution in [0.4, 0.5) is 5.95 Å². The van der Waals surface area contributed by atoms with Crippen molar-refractivity contribution in [2.45, 2.75) is 12.8 Å². The third-order valence-corrected chi connectivity index (χ3v) is 2.62. The fraction of sp³-hybridized carbons (Fsp3) is 0.333. The van der Waals surface area contributed by atoms with Crippen molar-refractivity contribution in [2.24, 2.45) is 5.73 Å².